The predicted octanol–water partition coefficient (Wildman–Crippen LogP) is 5.08. The number of carbonyl (C=O) groups excluding carboxylic acids is 2. The van der Waals surface area contributed by atoms with Crippen LogP contribution in [0.5, 0.6) is 5.75 Å². The van der Waals surface area contributed by atoms with E-state index in [1.54, 1.807) is 12.1 Å². The Morgan fingerprint density at radius 2 is 1.95 bits per heavy atom. The van der Waals surface area contributed by atoms with Crippen LogP contribution in [0.2, 0.25) is 11.3 Å². The number of imide groups is 1. The molecule has 3 aliphatic rings. The average molecular weight is 558 g/mol. The largest absolute Gasteiger partial charge is 0.508 e. The van der Waals surface area contributed by atoms with Crippen molar-refractivity contribution in [1.29, 1.82) is 0 Å². The third kappa shape index (κ3) is 6.59. The molecule has 0 spiro atoms. The standard InChI is InChI=1S/C29H37BClNO7/c1-3-18(14-19-9-10-20(33)15-23(19)31)8-11-24-26-17(2)13-21-27(22(26)16-30(38)39-24)29(37)32(28(21)36)12-6-4-5-7-25(34)35/h9-10,14-15,21-22,24,27,33,38H,3-8,11-13,16H2,1-2H3,(H,34,35)/b18-14+/t21-,22+,24-,27-/m1/s1. The van der Waals surface area contributed by atoms with E-state index in [2.05, 4.69) is 6.92 Å². The number of phenolic OH excluding ortho intramolecular Hbond substituents is 1. The Balaban J connectivity index is 1.47. The van der Waals surface area contributed by atoms with Gasteiger partial charge in [0.25, 0.3) is 0 Å². The van der Waals surface area contributed by atoms with Crippen molar-refractivity contribution in [2.45, 2.75) is 77.6 Å². The lowest BCUT2D eigenvalue weighted by atomic mass is 9.59. The van der Waals surface area contributed by atoms with Gasteiger partial charge in [-0.15, -0.1) is 0 Å². The Bertz CT molecular complexity index is 1180. The van der Waals surface area contributed by atoms with Gasteiger partial charge >= 0.3 is 13.1 Å². The van der Waals surface area contributed by atoms with E-state index in [0.29, 0.717) is 50.1 Å². The number of phenols is 1. The Morgan fingerprint density at radius 3 is 2.64 bits per heavy atom. The van der Waals surface area contributed by atoms with Gasteiger partial charge in [-0.1, -0.05) is 42.2 Å². The molecule has 39 heavy (non-hydrogen) atoms. The maximum absolute atomic E-state index is 13.5. The molecule has 2 aliphatic heterocycles. The molecular weight excluding hydrogens is 521 g/mol. The minimum Gasteiger partial charge on any atom is -0.508 e. The first kappa shape index (κ1) is 29.4. The summed E-state index contributed by atoms with van der Waals surface area (Å²) in [6, 6.07) is 4.89. The summed E-state index contributed by atoms with van der Waals surface area (Å²) >= 11 is 6.30. The molecule has 4 atom stereocenters. The lowest BCUT2D eigenvalue weighted by Crippen LogP contribution is -2.46. The van der Waals surface area contributed by atoms with Crippen LogP contribution in [0.3, 0.4) is 0 Å². The number of fused-ring (bicyclic) bond motifs is 3. The maximum Gasteiger partial charge on any atom is 0.455 e. The van der Waals surface area contributed by atoms with E-state index >= 15 is 0 Å². The minimum absolute atomic E-state index is 0.0812. The van der Waals surface area contributed by atoms with Crippen LogP contribution < -0.4 is 0 Å². The fraction of sp³-hybridized carbons (Fsp3) is 0.552. The molecule has 0 radical (unpaired) electrons. The number of hydrogen-bond donors (Lipinski definition) is 3. The first-order chi connectivity index (χ1) is 18.6. The van der Waals surface area contributed by atoms with Crippen molar-refractivity contribution in [2.24, 2.45) is 17.8 Å². The summed E-state index contributed by atoms with van der Waals surface area (Å²) < 4.78 is 6.01. The molecule has 1 aliphatic carbocycles. The van der Waals surface area contributed by atoms with Crippen LogP contribution in [-0.2, 0) is 19.0 Å². The zero-order chi connectivity index (χ0) is 28.3. The molecule has 0 aromatic heterocycles. The molecule has 0 unspecified atom stereocenters. The highest BCUT2D eigenvalue weighted by Gasteiger charge is 2.56. The van der Waals surface area contributed by atoms with Crippen LogP contribution in [0.1, 0.15) is 70.8 Å². The van der Waals surface area contributed by atoms with Crippen LogP contribution in [-0.4, -0.2) is 57.7 Å². The molecule has 2 saturated heterocycles. The first-order valence-electron chi connectivity index (χ1n) is 13.9. The van der Waals surface area contributed by atoms with Crippen molar-refractivity contribution < 1.29 is 34.3 Å². The third-order valence-corrected chi connectivity index (χ3v) is 8.67. The number of carboxylic acid groups (broad SMARTS) is 1. The zero-order valence-corrected chi connectivity index (χ0v) is 23.3. The fourth-order valence-electron chi connectivity index (χ4n) is 6.45. The Morgan fingerprint density at radius 1 is 1.18 bits per heavy atom. The maximum atomic E-state index is 13.5. The molecule has 4 rings (SSSR count). The van der Waals surface area contributed by atoms with E-state index in [0.717, 1.165) is 28.7 Å². The molecule has 0 bridgehead atoms. The van der Waals surface area contributed by atoms with Gasteiger partial charge in [-0.3, -0.25) is 19.3 Å². The molecule has 210 valence electrons. The van der Waals surface area contributed by atoms with Crippen molar-refractivity contribution >= 4 is 42.6 Å². The van der Waals surface area contributed by atoms with E-state index < -0.39 is 24.9 Å². The summed E-state index contributed by atoms with van der Waals surface area (Å²) in [4.78, 5) is 38.8. The van der Waals surface area contributed by atoms with Crippen LogP contribution in [0.25, 0.3) is 6.08 Å². The summed E-state index contributed by atoms with van der Waals surface area (Å²) in [6.45, 7) is 4.37. The molecule has 2 heterocycles. The zero-order valence-electron chi connectivity index (χ0n) is 22.6. The van der Waals surface area contributed by atoms with E-state index in [9.17, 15) is 24.5 Å². The van der Waals surface area contributed by atoms with Crippen molar-refractivity contribution in [3.63, 3.8) is 0 Å². The number of halogens is 1. The van der Waals surface area contributed by atoms with Crippen LogP contribution >= 0.6 is 11.6 Å². The molecule has 0 saturated carbocycles. The number of unbranched alkanes of at least 4 members (excludes halogenated alkanes) is 2. The van der Waals surface area contributed by atoms with Gasteiger partial charge < -0.3 is 19.9 Å². The number of nitrogens with zero attached hydrogens (tertiary/aromatic N) is 1. The molecule has 1 aromatic carbocycles. The van der Waals surface area contributed by atoms with Crippen LogP contribution in [0.4, 0.5) is 0 Å². The second-order valence-electron chi connectivity index (χ2n) is 10.9. The predicted molar refractivity (Wildman–Crippen MR) is 149 cm³/mol. The van der Waals surface area contributed by atoms with Crippen LogP contribution in [0, 0.1) is 17.8 Å². The number of carboxylic acids is 1. The smallest absolute Gasteiger partial charge is 0.455 e. The summed E-state index contributed by atoms with van der Waals surface area (Å²) in [7, 11) is -1.01. The van der Waals surface area contributed by atoms with Gasteiger partial charge in [0.05, 0.1) is 23.0 Å². The topological polar surface area (TPSA) is 124 Å². The summed E-state index contributed by atoms with van der Waals surface area (Å²) in [5.74, 6) is -2.22. The highest BCUT2D eigenvalue weighted by Crippen LogP contribution is 2.50. The van der Waals surface area contributed by atoms with Gasteiger partial charge in [0.15, 0.2) is 0 Å². The average Bonchev–Trinajstić information content (AvgIpc) is 3.11. The number of amides is 2. The van der Waals surface area contributed by atoms with Gasteiger partial charge in [0.2, 0.25) is 11.8 Å². The van der Waals surface area contributed by atoms with Gasteiger partial charge in [-0.25, -0.2) is 0 Å². The highest BCUT2D eigenvalue weighted by atomic mass is 35.5. The number of likely N-dealkylation sites (tertiary alicyclic amines) is 1. The second kappa shape index (κ2) is 12.7. The number of carbonyl (C=O) groups is 3. The number of aliphatic carboxylic acids is 1. The second-order valence-corrected chi connectivity index (χ2v) is 11.3. The lowest BCUT2D eigenvalue weighted by molar-refractivity contribution is -0.141. The molecule has 2 fully saturated rings. The molecule has 2 amide bonds. The van der Waals surface area contributed by atoms with Gasteiger partial charge in [-0.05, 0) is 87.0 Å². The van der Waals surface area contributed by atoms with Crippen LogP contribution in [0.15, 0.2) is 34.9 Å². The van der Waals surface area contributed by atoms with Crippen molar-refractivity contribution in [2.75, 3.05) is 6.54 Å². The SMILES string of the molecule is CC/C(=C\c1ccc(O)cc1Cl)CC[C@H]1OB(O)C[C@H]2C1=C(C)C[C@H]1C(=O)N(CCCCCC(=O)O)C(=O)[C@H]12. The Hall–Kier alpha value is -2.62. The normalized spacial score (nSPS) is 25.3. The monoisotopic (exact) mass is 557 g/mol. The van der Waals surface area contributed by atoms with E-state index in [4.69, 9.17) is 21.4 Å². The fourth-order valence-corrected chi connectivity index (χ4v) is 6.68. The summed E-state index contributed by atoms with van der Waals surface area (Å²) in [5, 5.41) is 29.6. The van der Waals surface area contributed by atoms with Gasteiger partial charge in [0, 0.05) is 13.0 Å². The first-order valence-corrected chi connectivity index (χ1v) is 14.3. The summed E-state index contributed by atoms with van der Waals surface area (Å²) in [6.07, 6.45) is 6.42. The number of hydrogen-bond acceptors (Lipinski definition) is 6. The van der Waals surface area contributed by atoms with Crippen molar-refractivity contribution in [3.05, 3.63) is 45.5 Å². The van der Waals surface area contributed by atoms with E-state index in [-0.39, 0.29) is 42.3 Å². The van der Waals surface area contributed by atoms with E-state index in [1.807, 2.05) is 13.0 Å². The highest BCUT2D eigenvalue weighted by molar-refractivity contribution is 6.43. The van der Waals surface area contributed by atoms with Gasteiger partial charge in [0.1, 0.15) is 5.75 Å². The number of rotatable bonds is 11. The molecule has 8 nitrogen and oxygen atoms in total. The minimum atomic E-state index is -1.01. The van der Waals surface area contributed by atoms with Crippen molar-refractivity contribution in [3.8, 4) is 5.75 Å². The number of benzene rings is 1. The Kier molecular flexibility index (Phi) is 9.57. The third-order valence-electron chi connectivity index (χ3n) is 8.34. The van der Waals surface area contributed by atoms with Crippen molar-refractivity contribution in [1.82, 2.24) is 4.90 Å². The summed E-state index contributed by atoms with van der Waals surface area (Å²) in [5.41, 5.74) is 4.08. The molecule has 1 aromatic rings. The Labute approximate surface area is 234 Å². The molecule has 3 N–H and O–H groups in total. The molecular formula is C29H37BClNO7. The lowest BCUT2D eigenvalue weighted by Gasteiger charge is -2.42. The van der Waals surface area contributed by atoms with E-state index in [1.165, 1.54) is 11.0 Å². The van der Waals surface area contributed by atoms with Gasteiger partial charge in [-0.2, -0.15) is 0 Å². The quantitative estimate of drug-likeness (QED) is 0.150. The number of aromatic hydroxyl groups is 1. The molecule has 10 heteroatoms. The number of allylic oxidation sites excluding steroid dienone is 2.